The van der Waals surface area contributed by atoms with Crippen molar-refractivity contribution in [2.45, 2.75) is 44.4 Å². The van der Waals surface area contributed by atoms with Crippen LogP contribution in [-0.2, 0) is 0 Å². The fourth-order valence-electron chi connectivity index (χ4n) is 3.93. The fraction of sp³-hybridized carbons (Fsp3) is 0.259. The van der Waals surface area contributed by atoms with E-state index in [2.05, 4.69) is 104 Å². The minimum Gasteiger partial charge on any atom is -0.0952 e. The minimum atomic E-state index is 0.511. The summed E-state index contributed by atoms with van der Waals surface area (Å²) in [5.74, 6) is 1.14. The van der Waals surface area contributed by atoms with Crippen molar-refractivity contribution in [3.63, 3.8) is 0 Å². The highest BCUT2D eigenvalue weighted by atomic mass is 14.2. The van der Waals surface area contributed by atoms with Gasteiger partial charge in [-0.1, -0.05) is 104 Å². The lowest BCUT2D eigenvalue weighted by Gasteiger charge is -2.22. The molecule has 0 aliphatic carbocycles. The normalized spacial score (nSPS) is 13.1. The van der Waals surface area contributed by atoms with Gasteiger partial charge in [0.2, 0.25) is 0 Å². The van der Waals surface area contributed by atoms with Gasteiger partial charge in [0.05, 0.1) is 0 Å². The Morgan fingerprint density at radius 1 is 0.667 bits per heavy atom. The van der Waals surface area contributed by atoms with Gasteiger partial charge in [-0.05, 0) is 59.8 Å². The highest BCUT2D eigenvalue weighted by Crippen LogP contribution is 2.35. The average molecular weight is 355 g/mol. The predicted molar refractivity (Wildman–Crippen MR) is 118 cm³/mol. The third-order valence-corrected chi connectivity index (χ3v) is 5.57. The topological polar surface area (TPSA) is 0 Å². The van der Waals surface area contributed by atoms with Crippen molar-refractivity contribution in [1.82, 2.24) is 0 Å². The number of rotatable bonds is 9. The first-order chi connectivity index (χ1) is 13.3. The predicted octanol–water partition coefficient (Wildman–Crippen LogP) is 7.85. The van der Waals surface area contributed by atoms with E-state index in [4.69, 9.17) is 0 Å². The monoisotopic (exact) mass is 354 g/mol. The summed E-state index contributed by atoms with van der Waals surface area (Å²) in [7, 11) is 0. The molecular weight excluding hydrogens is 324 g/mol. The molecule has 0 spiro atoms. The summed E-state index contributed by atoms with van der Waals surface area (Å²) in [5.41, 5.74) is 5.39. The lowest BCUT2D eigenvalue weighted by molar-refractivity contribution is 0.521. The second kappa shape index (κ2) is 9.92. The van der Waals surface area contributed by atoms with Gasteiger partial charge < -0.3 is 0 Å². The molecule has 0 saturated carbocycles. The maximum atomic E-state index is 4.40. The third kappa shape index (κ3) is 5.44. The Bertz CT molecular complexity index is 802. The Morgan fingerprint density at radius 3 is 1.63 bits per heavy atom. The molecule has 3 aromatic carbocycles. The lowest BCUT2D eigenvalue weighted by Crippen LogP contribution is -2.05. The Morgan fingerprint density at radius 2 is 1.11 bits per heavy atom. The number of hydrogen-bond donors (Lipinski definition) is 0. The standard InChI is InChI=1S/C27H30/c1-3-23(25-15-9-5-10-16-25)19-20-27(26-17-11-6-12-18-26)21-22(2)24-13-7-4-8-14-24/h4-18,23,27H,2-3,19-21H2,1H3. The number of allylic oxidation sites excluding steroid dienone is 1. The van der Waals surface area contributed by atoms with Crippen LogP contribution in [0.1, 0.15) is 61.1 Å². The largest absolute Gasteiger partial charge is 0.0952 e. The van der Waals surface area contributed by atoms with E-state index in [9.17, 15) is 0 Å². The molecule has 0 heterocycles. The van der Waals surface area contributed by atoms with Crippen LogP contribution in [0, 0.1) is 0 Å². The Hall–Kier alpha value is -2.60. The maximum Gasteiger partial charge on any atom is -0.0121 e. The molecule has 0 nitrogen and oxygen atoms in total. The van der Waals surface area contributed by atoms with E-state index < -0.39 is 0 Å². The maximum absolute atomic E-state index is 4.40. The van der Waals surface area contributed by atoms with E-state index in [1.165, 1.54) is 41.5 Å². The van der Waals surface area contributed by atoms with Crippen LogP contribution in [0.25, 0.3) is 5.57 Å². The minimum absolute atomic E-state index is 0.511. The molecule has 3 aromatic rings. The molecule has 0 saturated heterocycles. The molecule has 138 valence electrons. The second-order valence-corrected chi connectivity index (χ2v) is 7.37. The van der Waals surface area contributed by atoms with Gasteiger partial charge in [-0.15, -0.1) is 0 Å². The highest BCUT2D eigenvalue weighted by Gasteiger charge is 2.17. The van der Waals surface area contributed by atoms with E-state index >= 15 is 0 Å². The second-order valence-electron chi connectivity index (χ2n) is 7.37. The molecule has 0 N–H and O–H groups in total. The molecular formula is C27H30. The molecule has 0 aromatic heterocycles. The van der Waals surface area contributed by atoms with Crippen molar-refractivity contribution in [1.29, 1.82) is 0 Å². The van der Waals surface area contributed by atoms with Gasteiger partial charge in [0, 0.05) is 0 Å². The van der Waals surface area contributed by atoms with Gasteiger partial charge in [0.25, 0.3) is 0 Å². The van der Waals surface area contributed by atoms with Gasteiger partial charge in [0.15, 0.2) is 0 Å². The fourth-order valence-corrected chi connectivity index (χ4v) is 3.93. The van der Waals surface area contributed by atoms with Crippen LogP contribution < -0.4 is 0 Å². The Kier molecular flexibility index (Phi) is 7.04. The van der Waals surface area contributed by atoms with E-state index in [1.54, 1.807) is 0 Å². The summed E-state index contributed by atoms with van der Waals surface area (Å²) >= 11 is 0. The summed E-state index contributed by atoms with van der Waals surface area (Å²) in [6, 6.07) is 32.5. The summed E-state index contributed by atoms with van der Waals surface area (Å²) in [4.78, 5) is 0. The lowest BCUT2D eigenvalue weighted by atomic mass is 9.82. The smallest absolute Gasteiger partial charge is 0.0121 e. The van der Waals surface area contributed by atoms with E-state index in [0.717, 1.165) is 6.42 Å². The van der Waals surface area contributed by atoms with Crippen molar-refractivity contribution < 1.29 is 0 Å². The molecule has 0 bridgehead atoms. The van der Waals surface area contributed by atoms with Crippen molar-refractivity contribution in [2.24, 2.45) is 0 Å². The summed E-state index contributed by atoms with van der Waals surface area (Å²) in [6.07, 6.45) is 4.59. The molecule has 3 rings (SSSR count). The number of benzene rings is 3. The molecule has 0 aliphatic heterocycles. The van der Waals surface area contributed by atoms with Crippen molar-refractivity contribution >= 4 is 5.57 Å². The molecule has 0 aliphatic rings. The first-order valence-electron chi connectivity index (χ1n) is 10.1. The summed E-state index contributed by atoms with van der Waals surface area (Å²) < 4.78 is 0. The first-order valence-corrected chi connectivity index (χ1v) is 10.1. The third-order valence-electron chi connectivity index (χ3n) is 5.57. The molecule has 0 fully saturated rings. The van der Waals surface area contributed by atoms with Crippen LogP contribution >= 0.6 is 0 Å². The van der Waals surface area contributed by atoms with Gasteiger partial charge >= 0.3 is 0 Å². The van der Waals surface area contributed by atoms with Gasteiger partial charge in [-0.3, -0.25) is 0 Å². The van der Waals surface area contributed by atoms with Crippen LogP contribution in [0.3, 0.4) is 0 Å². The average Bonchev–Trinajstić information content (AvgIpc) is 2.75. The summed E-state index contributed by atoms with van der Waals surface area (Å²) in [5, 5.41) is 0. The number of hydrogen-bond acceptors (Lipinski definition) is 0. The molecule has 2 unspecified atom stereocenters. The first kappa shape index (κ1) is 19.2. The van der Waals surface area contributed by atoms with Gasteiger partial charge in [-0.2, -0.15) is 0 Å². The zero-order valence-corrected chi connectivity index (χ0v) is 16.4. The molecule has 2 atom stereocenters. The van der Waals surface area contributed by atoms with Crippen LogP contribution in [0.2, 0.25) is 0 Å². The molecule has 0 amide bonds. The van der Waals surface area contributed by atoms with E-state index in [-0.39, 0.29) is 0 Å². The molecule has 27 heavy (non-hydrogen) atoms. The van der Waals surface area contributed by atoms with E-state index in [1.807, 2.05) is 0 Å². The summed E-state index contributed by atoms with van der Waals surface area (Å²) in [6.45, 7) is 6.70. The van der Waals surface area contributed by atoms with Crippen LogP contribution in [-0.4, -0.2) is 0 Å². The Balaban J connectivity index is 1.73. The van der Waals surface area contributed by atoms with Gasteiger partial charge in [-0.25, -0.2) is 0 Å². The molecule has 0 heteroatoms. The van der Waals surface area contributed by atoms with Crippen LogP contribution in [0.5, 0.6) is 0 Å². The van der Waals surface area contributed by atoms with Crippen molar-refractivity contribution in [3.8, 4) is 0 Å². The van der Waals surface area contributed by atoms with Crippen LogP contribution in [0.15, 0.2) is 97.6 Å². The zero-order chi connectivity index (χ0) is 18.9. The SMILES string of the molecule is C=C(CC(CCC(CC)c1ccccc1)c1ccccc1)c1ccccc1. The quantitative estimate of drug-likeness (QED) is 0.367. The highest BCUT2D eigenvalue weighted by molar-refractivity contribution is 5.64. The van der Waals surface area contributed by atoms with Crippen LogP contribution in [0.4, 0.5) is 0 Å². The van der Waals surface area contributed by atoms with Crippen molar-refractivity contribution in [3.05, 3.63) is 114 Å². The van der Waals surface area contributed by atoms with Gasteiger partial charge in [0.1, 0.15) is 0 Å². The Labute approximate surface area is 164 Å². The van der Waals surface area contributed by atoms with E-state index in [0.29, 0.717) is 11.8 Å². The molecule has 0 radical (unpaired) electrons. The zero-order valence-electron chi connectivity index (χ0n) is 16.4. The van der Waals surface area contributed by atoms with Crippen molar-refractivity contribution in [2.75, 3.05) is 0 Å².